The van der Waals surface area contributed by atoms with Gasteiger partial charge in [0.25, 0.3) is 0 Å². The maximum atomic E-state index is 9.61. The summed E-state index contributed by atoms with van der Waals surface area (Å²) in [7, 11) is 0. The van der Waals surface area contributed by atoms with Crippen LogP contribution >= 0.6 is 0 Å². The summed E-state index contributed by atoms with van der Waals surface area (Å²) in [6.07, 6.45) is 2.95. The Morgan fingerprint density at radius 1 is 0.720 bits per heavy atom. The summed E-state index contributed by atoms with van der Waals surface area (Å²) in [6.45, 7) is 1.60. The van der Waals surface area contributed by atoms with Crippen molar-refractivity contribution in [1.82, 2.24) is 0 Å². The predicted octanol–water partition coefficient (Wildman–Crippen LogP) is 2.06. The first-order valence-corrected chi connectivity index (χ1v) is 7.69. The van der Waals surface area contributed by atoms with Crippen LogP contribution in [0.3, 0.4) is 0 Å². The van der Waals surface area contributed by atoms with E-state index in [0.717, 1.165) is 0 Å². The average Bonchev–Trinajstić information content (AvgIpc) is 2.60. The molecule has 0 aliphatic heterocycles. The molecule has 0 aliphatic carbocycles. The number of benzene rings is 2. The van der Waals surface area contributed by atoms with Gasteiger partial charge in [0.15, 0.2) is 23.0 Å². The maximum Gasteiger partial charge on any atom is 0.166 e. The molecular formula is C18H20N2O5. The molecule has 0 aliphatic rings. The Morgan fingerprint density at radius 3 is 1.60 bits per heavy atom. The summed E-state index contributed by atoms with van der Waals surface area (Å²) in [5.41, 5.74) is 0.881. The van der Waals surface area contributed by atoms with Crippen LogP contribution in [0, 0.1) is 0 Å². The molecule has 0 spiro atoms. The lowest BCUT2D eigenvalue weighted by Crippen LogP contribution is -2.03. The summed E-state index contributed by atoms with van der Waals surface area (Å²) < 4.78 is 5.37. The standard InChI is InChI=1S/C18H20N2O5/c21-15-5-1-3-13(17(15)23)11-19-7-9-25-10-8-20-12-14-4-2-6-16(22)18(14)24/h1-6,11-12,21-24H,7-10H2. The van der Waals surface area contributed by atoms with Crippen LogP contribution in [-0.4, -0.2) is 59.2 Å². The summed E-state index contributed by atoms with van der Waals surface area (Å²) in [4.78, 5) is 8.22. The number of aromatic hydroxyl groups is 4. The van der Waals surface area contributed by atoms with Crippen molar-refractivity contribution in [1.29, 1.82) is 0 Å². The number of phenols is 4. The van der Waals surface area contributed by atoms with Gasteiger partial charge in [-0.15, -0.1) is 0 Å². The van der Waals surface area contributed by atoms with Crippen molar-refractivity contribution in [2.24, 2.45) is 9.98 Å². The first-order chi connectivity index (χ1) is 12.1. The second-order valence-corrected chi connectivity index (χ2v) is 5.11. The molecule has 0 aromatic heterocycles. The predicted molar refractivity (Wildman–Crippen MR) is 95.3 cm³/mol. The molecule has 0 fully saturated rings. The van der Waals surface area contributed by atoms with Crippen LogP contribution in [0.4, 0.5) is 0 Å². The summed E-state index contributed by atoms with van der Waals surface area (Å²) in [5.74, 6) is -0.764. The van der Waals surface area contributed by atoms with Crippen LogP contribution in [0.5, 0.6) is 23.0 Å². The monoisotopic (exact) mass is 344 g/mol. The van der Waals surface area contributed by atoms with Gasteiger partial charge in [-0.3, -0.25) is 9.98 Å². The minimum absolute atomic E-state index is 0.184. The summed E-state index contributed by atoms with van der Waals surface area (Å²) in [6, 6.07) is 9.32. The zero-order chi connectivity index (χ0) is 18.1. The molecular weight excluding hydrogens is 324 g/mol. The number of nitrogens with zero attached hydrogens (tertiary/aromatic N) is 2. The minimum atomic E-state index is -0.197. The third-order valence-corrected chi connectivity index (χ3v) is 3.28. The van der Waals surface area contributed by atoms with E-state index in [1.807, 2.05) is 0 Å². The quantitative estimate of drug-likeness (QED) is 0.332. The highest BCUT2D eigenvalue weighted by Gasteiger charge is 2.03. The third-order valence-electron chi connectivity index (χ3n) is 3.28. The van der Waals surface area contributed by atoms with Gasteiger partial charge in [0, 0.05) is 23.6 Å². The van der Waals surface area contributed by atoms with Crippen LogP contribution < -0.4 is 0 Å². The van der Waals surface area contributed by atoms with Crippen molar-refractivity contribution in [3.8, 4) is 23.0 Å². The van der Waals surface area contributed by atoms with Crippen molar-refractivity contribution < 1.29 is 25.2 Å². The SMILES string of the molecule is Oc1cccc(C=NCCOCCN=Cc2cccc(O)c2O)c1O. The highest BCUT2D eigenvalue weighted by molar-refractivity contribution is 5.85. The van der Waals surface area contributed by atoms with Crippen molar-refractivity contribution in [3.05, 3.63) is 47.5 Å². The van der Waals surface area contributed by atoms with Crippen LogP contribution in [0.1, 0.15) is 11.1 Å². The molecule has 0 unspecified atom stereocenters. The smallest absolute Gasteiger partial charge is 0.166 e. The molecule has 0 bridgehead atoms. The van der Waals surface area contributed by atoms with E-state index in [-0.39, 0.29) is 23.0 Å². The Labute approximate surface area is 145 Å². The molecule has 2 aromatic carbocycles. The molecule has 0 saturated carbocycles. The fourth-order valence-electron chi connectivity index (χ4n) is 1.97. The van der Waals surface area contributed by atoms with E-state index in [4.69, 9.17) is 4.74 Å². The topological polar surface area (TPSA) is 115 Å². The number of hydrogen-bond donors (Lipinski definition) is 4. The Bertz CT molecular complexity index is 696. The molecule has 4 N–H and O–H groups in total. The highest BCUT2D eigenvalue weighted by Crippen LogP contribution is 2.27. The van der Waals surface area contributed by atoms with E-state index in [1.165, 1.54) is 24.6 Å². The first-order valence-electron chi connectivity index (χ1n) is 7.69. The van der Waals surface area contributed by atoms with Gasteiger partial charge in [0.1, 0.15) is 0 Å². The van der Waals surface area contributed by atoms with Gasteiger partial charge in [0.2, 0.25) is 0 Å². The highest BCUT2D eigenvalue weighted by atomic mass is 16.5. The second-order valence-electron chi connectivity index (χ2n) is 5.11. The van der Waals surface area contributed by atoms with E-state index in [0.29, 0.717) is 37.4 Å². The number of aliphatic imine (C=N–C) groups is 2. The zero-order valence-electron chi connectivity index (χ0n) is 13.5. The number of phenolic OH excluding ortho intramolecular Hbond substituents is 4. The van der Waals surface area contributed by atoms with Gasteiger partial charge < -0.3 is 25.2 Å². The lowest BCUT2D eigenvalue weighted by molar-refractivity contribution is 0.150. The van der Waals surface area contributed by atoms with Crippen LogP contribution in [0.2, 0.25) is 0 Å². The summed E-state index contributed by atoms with van der Waals surface area (Å²) >= 11 is 0. The normalized spacial score (nSPS) is 11.5. The number of para-hydroxylation sites is 2. The number of rotatable bonds is 8. The van der Waals surface area contributed by atoms with Crippen molar-refractivity contribution in [2.75, 3.05) is 26.3 Å². The molecule has 25 heavy (non-hydrogen) atoms. The van der Waals surface area contributed by atoms with Gasteiger partial charge in [-0.25, -0.2) is 0 Å². The van der Waals surface area contributed by atoms with E-state index in [2.05, 4.69) is 9.98 Å². The van der Waals surface area contributed by atoms with Crippen molar-refractivity contribution in [3.63, 3.8) is 0 Å². The minimum Gasteiger partial charge on any atom is -0.504 e. The zero-order valence-corrected chi connectivity index (χ0v) is 13.5. The Kier molecular flexibility index (Phi) is 6.79. The molecule has 0 radical (unpaired) electrons. The Morgan fingerprint density at radius 2 is 1.16 bits per heavy atom. The second kappa shape index (κ2) is 9.29. The Hall–Kier alpha value is -3.06. The van der Waals surface area contributed by atoms with Gasteiger partial charge in [0.05, 0.1) is 26.3 Å². The first kappa shape index (κ1) is 18.3. The van der Waals surface area contributed by atoms with E-state index in [1.54, 1.807) is 24.3 Å². The Balaban J connectivity index is 1.65. The van der Waals surface area contributed by atoms with E-state index in [9.17, 15) is 20.4 Å². The number of ether oxygens (including phenoxy) is 1. The molecule has 132 valence electrons. The van der Waals surface area contributed by atoms with E-state index >= 15 is 0 Å². The maximum absolute atomic E-state index is 9.61. The van der Waals surface area contributed by atoms with E-state index < -0.39 is 0 Å². The average molecular weight is 344 g/mol. The molecule has 0 heterocycles. The van der Waals surface area contributed by atoms with Crippen molar-refractivity contribution in [2.45, 2.75) is 0 Å². The molecule has 2 aromatic rings. The third kappa shape index (κ3) is 5.50. The van der Waals surface area contributed by atoms with Crippen LogP contribution in [0.15, 0.2) is 46.4 Å². The van der Waals surface area contributed by atoms with Crippen LogP contribution in [0.25, 0.3) is 0 Å². The van der Waals surface area contributed by atoms with Gasteiger partial charge in [-0.05, 0) is 24.3 Å². The molecule has 0 atom stereocenters. The molecule has 0 saturated heterocycles. The largest absolute Gasteiger partial charge is 0.504 e. The van der Waals surface area contributed by atoms with Gasteiger partial charge in [-0.2, -0.15) is 0 Å². The lowest BCUT2D eigenvalue weighted by atomic mass is 10.2. The van der Waals surface area contributed by atoms with Gasteiger partial charge in [-0.1, -0.05) is 12.1 Å². The summed E-state index contributed by atoms with van der Waals surface area (Å²) in [5, 5.41) is 37.9. The van der Waals surface area contributed by atoms with Crippen LogP contribution in [-0.2, 0) is 4.74 Å². The van der Waals surface area contributed by atoms with Crippen molar-refractivity contribution >= 4 is 12.4 Å². The lowest BCUT2D eigenvalue weighted by Gasteiger charge is -2.02. The fourth-order valence-corrected chi connectivity index (χ4v) is 1.97. The van der Waals surface area contributed by atoms with Gasteiger partial charge >= 0.3 is 0 Å². The molecule has 7 nitrogen and oxygen atoms in total. The molecule has 2 rings (SSSR count). The number of hydrogen-bond acceptors (Lipinski definition) is 7. The molecule has 0 amide bonds. The molecule has 7 heteroatoms. The fraction of sp³-hybridized carbons (Fsp3) is 0.222.